The number of aryl methyl sites for hydroxylation is 2. The van der Waals surface area contributed by atoms with Gasteiger partial charge >= 0.3 is 0 Å². The van der Waals surface area contributed by atoms with Crippen LogP contribution in [0.2, 0.25) is 0 Å². The zero-order chi connectivity index (χ0) is 19.3. The first-order valence-corrected chi connectivity index (χ1v) is 8.68. The Morgan fingerprint density at radius 2 is 1.82 bits per heavy atom. The van der Waals surface area contributed by atoms with Crippen LogP contribution in [0.3, 0.4) is 0 Å². The Labute approximate surface area is 159 Å². The summed E-state index contributed by atoms with van der Waals surface area (Å²) in [5.41, 5.74) is 4.81. The molecule has 0 saturated carbocycles. The number of hydrogen-bond donors (Lipinski definition) is 0. The van der Waals surface area contributed by atoms with Gasteiger partial charge in [-0.15, -0.1) is 5.10 Å². The van der Waals surface area contributed by atoms with Gasteiger partial charge in [0.05, 0.1) is 22.6 Å². The standard InChI is InChI=1S/C20H14N8/c1-12-9-22-13(2)19-25-18(26-28(12)19)17-15(8-21)10-27-11-16(23-20(27)24-17)14-6-4-3-5-7-14/h3-7,9-11H,1-2H3. The second kappa shape index (κ2) is 5.96. The maximum Gasteiger partial charge on any atom is 0.235 e. The van der Waals surface area contributed by atoms with Crippen molar-refractivity contribution in [1.29, 1.82) is 5.26 Å². The second-order valence-electron chi connectivity index (χ2n) is 6.47. The van der Waals surface area contributed by atoms with Gasteiger partial charge in [-0.05, 0) is 13.8 Å². The predicted octanol–water partition coefficient (Wildman–Crippen LogP) is 2.99. The smallest absolute Gasteiger partial charge is 0.235 e. The zero-order valence-corrected chi connectivity index (χ0v) is 15.2. The van der Waals surface area contributed by atoms with E-state index in [0.29, 0.717) is 28.5 Å². The van der Waals surface area contributed by atoms with Crippen LogP contribution in [0.1, 0.15) is 17.0 Å². The zero-order valence-electron chi connectivity index (χ0n) is 15.2. The van der Waals surface area contributed by atoms with E-state index in [1.54, 1.807) is 21.3 Å². The molecule has 134 valence electrons. The average molecular weight is 366 g/mol. The van der Waals surface area contributed by atoms with Crippen LogP contribution in [0.15, 0.2) is 48.9 Å². The molecule has 0 amide bonds. The molecule has 0 N–H and O–H groups in total. The predicted molar refractivity (Wildman–Crippen MR) is 102 cm³/mol. The number of aromatic nitrogens is 7. The molecule has 0 aliphatic rings. The SMILES string of the molecule is Cc1ncc(C)n2nc(-c3nc4nc(-c5ccccc5)cn4cc3C#N)nc12. The fourth-order valence-corrected chi connectivity index (χ4v) is 3.12. The molecule has 5 aromatic rings. The van der Waals surface area contributed by atoms with Gasteiger partial charge in [0, 0.05) is 24.2 Å². The van der Waals surface area contributed by atoms with Gasteiger partial charge in [0.15, 0.2) is 5.65 Å². The number of imidazole rings is 1. The molecule has 0 unspecified atom stereocenters. The average Bonchev–Trinajstić information content (AvgIpc) is 3.35. The highest BCUT2D eigenvalue weighted by molar-refractivity contribution is 5.67. The molecule has 0 aliphatic carbocycles. The molecule has 8 heteroatoms. The van der Waals surface area contributed by atoms with Crippen molar-refractivity contribution in [2.45, 2.75) is 13.8 Å². The summed E-state index contributed by atoms with van der Waals surface area (Å²) < 4.78 is 3.46. The molecule has 4 heterocycles. The van der Waals surface area contributed by atoms with E-state index < -0.39 is 0 Å². The molecule has 0 radical (unpaired) electrons. The molecule has 0 aliphatic heterocycles. The summed E-state index contributed by atoms with van der Waals surface area (Å²) in [6.45, 7) is 3.77. The van der Waals surface area contributed by atoms with Crippen LogP contribution in [-0.4, -0.2) is 34.0 Å². The van der Waals surface area contributed by atoms with E-state index in [1.807, 2.05) is 50.4 Å². The lowest BCUT2D eigenvalue weighted by molar-refractivity contribution is 0.888. The minimum absolute atomic E-state index is 0.377. The van der Waals surface area contributed by atoms with Crippen LogP contribution in [-0.2, 0) is 0 Å². The quantitative estimate of drug-likeness (QED) is 0.476. The van der Waals surface area contributed by atoms with Gasteiger partial charge in [-0.1, -0.05) is 30.3 Å². The van der Waals surface area contributed by atoms with Crippen molar-refractivity contribution >= 4 is 11.4 Å². The normalized spacial score (nSPS) is 11.2. The van der Waals surface area contributed by atoms with Gasteiger partial charge in [0.25, 0.3) is 0 Å². The second-order valence-corrected chi connectivity index (χ2v) is 6.47. The molecule has 5 rings (SSSR count). The Balaban J connectivity index is 1.72. The minimum atomic E-state index is 0.377. The third-order valence-corrected chi connectivity index (χ3v) is 4.56. The molecular formula is C20H14N8. The maximum absolute atomic E-state index is 9.65. The van der Waals surface area contributed by atoms with Gasteiger partial charge in [0.1, 0.15) is 11.8 Å². The summed E-state index contributed by atoms with van der Waals surface area (Å²) in [4.78, 5) is 18.1. The third kappa shape index (κ3) is 2.41. The summed E-state index contributed by atoms with van der Waals surface area (Å²) in [5, 5.41) is 14.2. The summed E-state index contributed by atoms with van der Waals surface area (Å²) in [5.74, 6) is 0.862. The van der Waals surface area contributed by atoms with E-state index >= 15 is 0 Å². The van der Waals surface area contributed by atoms with Gasteiger partial charge in [-0.2, -0.15) is 5.26 Å². The van der Waals surface area contributed by atoms with Crippen molar-refractivity contribution in [2.24, 2.45) is 0 Å². The Kier molecular flexibility index (Phi) is 3.42. The van der Waals surface area contributed by atoms with E-state index in [-0.39, 0.29) is 0 Å². The topological polar surface area (TPSA) is 97.1 Å². The molecule has 0 atom stereocenters. The third-order valence-electron chi connectivity index (χ3n) is 4.56. The molecule has 28 heavy (non-hydrogen) atoms. The Hall–Kier alpha value is -4.12. The van der Waals surface area contributed by atoms with Crippen molar-refractivity contribution in [1.82, 2.24) is 34.0 Å². The van der Waals surface area contributed by atoms with Gasteiger partial charge < -0.3 is 0 Å². The molecule has 8 nitrogen and oxygen atoms in total. The van der Waals surface area contributed by atoms with E-state index in [2.05, 4.69) is 31.1 Å². The van der Waals surface area contributed by atoms with E-state index in [0.717, 1.165) is 22.6 Å². The summed E-state index contributed by atoms with van der Waals surface area (Å²) in [6.07, 6.45) is 5.31. The molecule has 4 aromatic heterocycles. The van der Waals surface area contributed by atoms with Crippen LogP contribution in [0, 0.1) is 25.2 Å². The monoisotopic (exact) mass is 366 g/mol. The Morgan fingerprint density at radius 1 is 1.00 bits per heavy atom. The van der Waals surface area contributed by atoms with Gasteiger partial charge in [-0.3, -0.25) is 9.38 Å². The van der Waals surface area contributed by atoms with Crippen LogP contribution >= 0.6 is 0 Å². The number of benzene rings is 1. The van der Waals surface area contributed by atoms with Crippen molar-refractivity contribution in [3.05, 3.63) is 65.9 Å². The van der Waals surface area contributed by atoms with Crippen LogP contribution in [0.5, 0.6) is 0 Å². The number of rotatable bonds is 2. The molecule has 0 bridgehead atoms. The number of nitriles is 1. The first kappa shape index (κ1) is 16.1. The van der Waals surface area contributed by atoms with Crippen molar-refractivity contribution in [2.75, 3.05) is 0 Å². The Bertz CT molecular complexity index is 1350. The van der Waals surface area contributed by atoms with Gasteiger partial charge in [0.2, 0.25) is 11.6 Å². The van der Waals surface area contributed by atoms with E-state index in [4.69, 9.17) is 0 Å². The maximum atomic E-state index is 9.65. The van der Waals surface area contributed by atoms with Crippen molar-refractivity contribution in [3.8, 4) is 28.8 Å². The van der Waals surface area contributed by atoms with Crippen LogP contribution in [0.25, 0.3) is 34.2 Å². The van der Waals surface area contributed by atoms with Gasteiger partial charge in [-0.25, -0.2) is 19.5 Å². The van der Waals surface area contributed by atoms with Crippen molar-refractivity contribution < 1.29 is 0 Å². The summed E-state index contributed by atoms with van der Waals surface area (Å²) in [6, 6.07) is 12.0. The minimum Gasteiger partial charge on any atom is -0.289 e. The lowest BCUT2D eigenvalue weighted by Gasteiger charge is -1.99. The Morgan fingerprint density at radius 3 is 2.57 bits per heavy atom. The lowest BCUT2D eigenvalue weighted by atomic mass is 10.2. The molecule has 1 aromatic carbocycles. The number of nitrogens with zero attached hydrogens (tertiary/aromatic N) is 8. The summed E-state index contributed by atoms with van der Waals surface area (Å²) in [7, 11) is 0. The lowest BCUT2D eigenvalue weighted by Crippen LogP contribution is -1.98. The number of hydrogen-bond acceptors (Lipinski definition) is 6. The van der Waals surface area contributed by atoms with Crippen LogP contribution < -0.4 is 0 Å². The fourth-order valence-electron chi connectivity index (χ4n) is 3.12. The molecule has 0 fully saturated rings. The van der Waals surface area contributed by atoms with Crippen molar-refractivity contribution in [3.63, 3.8) is 0 Å². The molecular weight excluding hydrogens is 352 g/mol. The van der Waals surface area contributed by atoms with E-state index in [9.17, 15) is 5.26 Å². The fraction of sp³-hybridized carbons (Fsp3) is 0.100. The number of fused-ring (bicyclic) bond motifs is 2. The highest BCUT2D eigenvalue weighted by atomic mass is 15.3. The first-order chi connectivity index (χ1) is 13.6. The van der Waals surface area contributed by atoms with Crippen LogP contribution in [0.4, 0.5) is 0 Å². The highest BCUT2D eigenvalue weighted by Crippen LogP contribution is 2.23. The largest absolute Gasteiger partial charge is 0.289 e. The first-order valence-electron chi connectivity index (χ1n) is 8.68. The summed E-state index contributed by atoms with van der Waals surface area (Å²) >= 11 is 0. The molecule has 0 spiro atoms. The van der Waals surface area contributed by atoms with E-state index in [1.165, 1.54) is 0 Å². The highest BCUT2D eigenvalue weighted by Gasteiger charge is 2.18. The molecule has 0 saturated heterocycles.